The van der Waals surface area contributed by atoms with Crippen LogP contribution in [0.25, 0.3) is 0 Å². The van der Waals surface area contributed by atoms with E-state index in [1.807, 2.05) is 6.92 Å². The lowest BCUT2D eigenvalue weighted by atomic mass is 10.0. The summed E-state index contributed by atoms with van der Waals surface area (Å²) in [5, 5.41) is 11.2. The lowest BCUT2D eigenvalue weighted by Crippen LogP contribution is -2.52. The third-order valence-electron chi connectivity index (χ3n) is 3.67. The molecule has 1 aliphatic heterocycles. The molecule has 0 radical (unpaired) electrons. The van der Waals surface area contributed by atoms with E-state index in [-0.39, 0.29) is 11.8 Å². The van der Waals surface area contributed by atoms with Gasteiger partial charge in [-0.2, -0.15) is 0 Å². The van der Waals surface area contributed by atoms with Gasteiger partial charge in [0.05, 0.1) is 23.2 Å². The van der Waals surface area contributed by atoms with Gasteiger partial charge in [-0.3, -0.25) is 14.5 Å². The molecule has 1 heterocycles. The number of imide groups is 1. The molecule has 6 heteroatoms. The van der Waals surface area contributed by atoms with Crippen molar-refractivity contribution in [2.24, 2.45) is 0 Å². The minimum absolute atomic E-state index is 0.354. The Balaban J connectivity index is 2.32. The van der Waals surface area contributed by atoms with Gasteiger partial charge in [0.15, 0.2) is 0 Å². The maximum absolute atomic E-state index is 12.4. The Kier molecular flexibility index (Phi) is 4.26. The molecule has 112 valence electrons. The van der Waals surface area contributed by atoms with Gasteiger partial charge in [-0.1, -0.05) is 25.5 Å². The van der Waals surface area contributed by atoms with Crippen LogP contribution in [0.1, 0.15) is 47.4 Å². The van der Waals surface area contributed by atoms with Crippen molar-refractivity contribution in [3.63, 3.8) is 0 Å². The number of nitrogens with one attached hydrogen (secondary N) is 1. The molecule has 0 fully saturated rings. The van der Waals surface area contributed by atoms with Crippen LogP contribution in [0.3, 0.4) is 0 Å². The monoisotopic (exact) mass is 290 g/mol. The van der Waals surface area contributed by atoms with E-state index in [1.165, 1.54) is 4.90 Å². The summed E-state index contributed by atoms with van der Waals surface area (Å²) in [4.78, 5) is 36.9. The Morgan fingerprint density at radius 3 is 2.19 bits per heavy atom. The van der Waals surface area contributed by atoms with Crippen molar-refractivity contribution in [2.45, 2.75) is 38.8 Å². The second-order valence-electron chi connectivity index (χ2n) is 5.12. The van der Waals surface area contributed by atoms with Crippen LogP contribution < -0.4 is 5.32 Å². The molecule has 0 saturated carbocycles. The first-order chi connectivity index (χ1) is 9.97. The van der Waals surface area contributed by atoms with Crippen molar-refractivity contribution in [3.05, 3.63) is 35.4 Å². The number of carbonyl (C=O) groups excluding carboxylic acids is 2. The molecule has 2 N–H and O–H groups in total. The summed E-state index contributed by atoms with van der Waals surface area (Å²) < 4.78 is 0. The molecule has 0 bridgehead atoms. The van der Waals surface area contributed by atoms with E-state index in [1.54, 1.807) is 31.2 Å². The van der Waals surface area contributed by atoms with E-state index in [4.69, 9.17) is 5.11 Å². The minimum atomic E-state index is -1.17. The highest BCUT2D eigenvalue weighted by Gasteiger charge is 2.41. The first-order valence-corrected chi connectivity index (χ1v) is 6.93. The van der Waals surface area contributed by atoms with Gasteiger partial charge in [-0.15, -0.1) is 0 Å². The van der Waals surface area contributed by atoms with Crippen molar-refractivity contribution >= 4 is 17.9 Å². The summed E-state index contributed by atoms with van der Waals surface area (Å²) in [7, 11) is 0. The summed E-state index contributed by atoms with van der Waals surface area (Å²) in [5.41, 5.74) is 0.761. The smallest absolute Gasteiger partial charge is 0.404 e. The Morgan fingerprint density at radius 2 is 1.76 bits per heavy atom. The highest BCUT2D eigenvalue weighted by molar-refractivity contribution is 6.21. The van der Waals surface area contributed by atoms with Gasteiger partial charge in [-0.05, 0) is 25.5 Å². The fourth-order valence-electron chi connectivity index (χ4n) is 2.70. The van der Waals surface area contributed by atoms with Gasteiger partial charge in [0.25, 0.3) is 11.8 Å². The average molecular weight is 290 g/mol. The molecule has 0 saturated heterocycles. The predicted molar refractivity (Wildman–Crippen MR) is 76.3 cm³/mol. The first kappa shape index (κ1) is 15.0. The Morgan fingerprint density at radius 1 is 1.24 bits per heavy atom. The second kappa shape index (κ2) is 5.95. The maximum atomic E-state index is 12.4. The first-order valence-electron chi connectivity index (χ1n) is 6.93. The number of amides is 3. The van der Waals surface area contributed by atoms with Crippen LogP contribution in [0.15, 0.2) is 24.3 Å². The number of benzene rings is 1. The van der Waals surface area contributed by atoms with Crippen molar-refractivity contribution in [1.29, 1.82) is 0 Å². The van der Waals surface area contributed by atoms with E-state index in [0.29, 0.717) is 17.5 Å². The SMILES string of the molecule is CCC[C@H]([C@H](C)NC(=O)O)N1C(=O)c2ccccc2C1=O. The lowest BCUT2D eigenvalue weighted by molar-refractivity contribution is 0.0539. The van der Waals surface area contributed by atoms with Crippen LogP contribution in [-0.2, 0) is 0 Å². The molecule has 0 aromatic heterocycles. The number of fused-ring (bicyclic) bond motifs is 1. The summed E-state index contributed by atoms with van der Waals surface area (Å²) >= 11 is 0. The van der Waals surface area contributed by atoms with E-state index < -0.39 is 18.2 Å². The molecule has 3 amide bonds. The molecule has 1 aromatic rings. The number of rotatable bonds is 5. The van der Waals surface area contributed by atoms with Crippen molar-refractivity contribution in [2.75, 3.05) is 0 Å². The molecular formula is C15H18N2O4. The molecule has 6 nitrogen and oxygen atoms in total. The highest BCUT2D eigenvalue weighted by atomic mass is 16.4. The zero-order chi connectivity index (χ0) is 15.6. The Hall–Kier alpha value is -2.37. The zero-order valence-electron chi connectivity index (χ0n) is 12.0. The standard InChI is InChI=1S/C15H18N2O4/c1-3-6-12(9(2)16-15(20)21)17-13(18)10-7-4-5-8-11(10)14(17)19/h4-5,7-9,12,16H,3,6H2,1-2H3,(H,20,21)/t9-,12+/m0/s1. The second-order valence-corrected chi connectivity index (χ2v) is 5.12. The average Bonchev–Trinajstić information content (AvgIpc) is 2.68. The topological polar surface area (TPSA) is 86.7 Å². The zero-order valence-corrected chi connectivity index (χ0v) is 12.0. The Labute approximate surface area is 122 Å². The van der Waals surface area contributed by atoms with Crippen molar-refractivity contribution in [3.8, 4) is 0 Å². The predicted octanol–water partition coefficient (Wildman–Crippen LogP) is 2.11. The minimum Gasteiger partial charge on any atom is -0.465 e. The molecular weight excluding hydrogens is 272 g/mol. The number of hydrogen-bond donors (Lipinski definition) is 2. The van der Waals surface area contributed by atoms with E-state index in [9.17, 15) is 14.4 Å². The van der Waals surface area contributed by atoms with Gasteiger partial charge in [0, 0.05) is 0 Å². The molecule has 2 atom stereocenters. The quantitative estimate of drug-likeness (QED) is 0.813. The van der Waals surface area contributed by atoms with Gasteiger partial charge in [-0.25, -0.2) is 4.79 Å². The molecule has 0 unspecified atom stereocenters. The molecule has 2 rings (SSSR count). The van der Waals surface area contributed by atoms with Crippen LogP contribution in [0.2, 0.25) is 0 Å². The summed E-state index contributed by atoms with van der Waals surface area (Å²) in [5.74, 6) is -0.707. The van der Waals surface area contributed by atoms with Crippen LogP contribution in [0.5, 0.6) is 0 Å². The summed E-state index contributed by atoms with van der Waals surface area (Å²) in [6, 6.07) is 5.65. The lowest BCUT2D eigenvalue weighted by Gasteiger charge is -2.31. The third kappa shape index (κ3) is 2.74. The fourth-order valence-corrected chi connectivity index (χ4v) is 2.70. The Bertz CT molecular complexity index is 550. The third-order valence-corrected chi connectivity index (χ3v) is 3.67. The maximum Gasteiger partial charge on any atom is 0.404 e. The number of carboxylic acid groups (broad SMARTS) is 1. The normalized spacial score (nSPS) is 16.6. The fraction of sp³-hybridized carbons (Fsp3) is 0.400. The van der Waals surface area contributed by atoms with Crippen LogP contribution >= 0.6 is 0 Å². The number of hydrogen-bond acceptors (Lipinski definition) is 3. The molecule has 0 spiro atoms. The van der Waals surface area contributed by atoms with Crippen molar-refractivity contribution in [1.82, 2.24) is 10.2 Å². The molecule has 21 heavy (non-hydrogen) atoms. The van der Waals surface area contributed by atoms with Gasteiger partial charge in [0.1, 0.15) is 0 Å². The van der Waals surface area contributed by atoms with Gasteiger partial charge < -0.3 is 10.4 Å². The summed E-state index contributed by atoms with van der Waals surface area (Å²) in [6.45, 7) is 3.59. The molecule has 0 aliphatic carbocycles. The van der Waals surface area contributed by atoms with Crippen LogP contribution in [-0.4, -0.2) is 40.0 Å². The van der Waals surface area contributed by atoms with E-state index in [2.05, 4.69) is 5.32 Å². The van der Waals surface area contributed by atoms with Crippen molar-refractivity contribution < 1.29 is 19.5 Å². The number of carbonyl (C=O) groups is 3. The van der Waals surface area contributed by atoms with Crippen LogP contribution in [0, 0.1) is 0 Å². The van der Waals surface area contributed by atoms with Crippen LogP contribution in [0.4, 0.5) is 4.79 Å². The molecule has 1 aromatic carbocycles. The summed E-state index contributed by atoms with van der Waals surface area (Å²) in [6.07, 6.45) is 0.122. The largest absolute Gasteiger partial charge is 0.465 e. The highest BCUT2D eigenvalue weighted by Crippen LogP contribution is 2.27. The molecule has 1 aliphatic rings. The van der Waals surface area contributed by atoms with E-state index in [0.717, 1.165) is 6.42 Å². The van der Waals surface area contributed by atoms with E-state index >= 15 is 0 Å². The van der Waals surface area contributed by atoms with Gasteiger partial charge >= 0.3 is 6.09 Å². The van der Waals surface area contributed by atoms with Gasteiger partial charge in [0.2, 0.25) is 0 Å². The number of nitrogens with zero attached hydrogens (tertiary/aromatic N) is 1.